The van der Waals surface area contributed by atoms with Gasteiger partial charge in [-0.3, -0.25) is 0 Å². The first-order valence-electron chi connectivity index (χ1n) is 7.15. The number of anilines is 1. The number of aromatic nitrogens is 2. The fourth-order valence-corrected chi connectivity index (χ4v) is 2.87. The van der Waals surface area contributed by atoms with E-state index in [1.54, 1.807) is 0 Å². The topological polar surface area (TPSA) is 37.8 Å². The van der Waals surface area contributed by atoms with E-state index in [-0.39, 0.29) is 0 Å². The van der Waals surface area contributed by atoms with Crippen LogP contribution in [0.3, 0.4) is 0 Å². The van der Waals surface area contributed by atoms with Gasteiger partial charge in [-0.1, -0.05) is 36.7 Å². The molecule has 0 amide bonds. The molecule has 0 unspecified atom stereocenters. The average Bonchev–Trinajstić information content (AvgIpc) is 2.49. The number of nitrogens with zero attached hydrogens (tertiary/aromatic N) is 2. The van der Waals surface area contributed by atoms with Gasteiger partial charge in [-0.05, 0) is 25.5 Å². The average molecular weight is 322 g/mol. The Kier molecular flexibility index (Phi) is 6.33. The lowest BCUT2D eigenvalue weighted by atomic mass is 10.3. The van der Waals surface area contributed by atoms with Crippen molar-refractivity contribution in [3.05, 3.63) is 46.9 Å². The zero-order valence-corrected chi connectivity index (χ0v) is 14.0. The molecule has 1 heterocycles. The van der Waals surface area contributed by atoms with Gasteiger partial charge in [-0.2, -0.15) is 0 Å². The molecular formula is C16H20ClN3S. The van der Waals surface area contributed by atoms with Crippen molar-refractivity contribution in [1.82, 2.24) is 9.97 Å². The zero-order chi connectivity index (χ0) is 15.1. The second kappa shape index (κ2) is 8.25. The number of aryl methyl sites for hydroxylation is 1. The first kappa shape index (κ1) is 16.1. The van der Waals surface area contributed by atoms with Gasteiger partial charge in [-0.15, -0.1) is 11.8 Å². The molecular weight excluding hydrogens is 302 g/mol. The largest absolute Gasteiger partial charge is 0.369 e. The first-order chi connectivity index (χ1) is 10.2. The number of hydrogen-bond acceptors (Lipinski definition) is 4. The van der Waals surface area contributed by atoms with Crippen LogP contribution in [0.15, 0.2) is 35.2 Å². The molecule has 0 aliphatic carbocycles. The lowest BCUT2D eigenvalue weighted by Gasteiger charge is -2.11. The van der Waals surface area contributed by atoms with Gasteiger partial charge < -0.3 is 5.32 Å². The Balaban J connectivity index is 1.90. The Morgan fingerprint density at radius 2 is 1.95 bits per heavy atom. The third-order valence-electron chi connectivity index (χ3n) is 3.01. The van der Waals surface area contributed by atoms with Crippen molar-refractivity contribution in [3.8, 4) is 0 Å². The van der Waals surface area contributed by atoms with Gasteiger partial charge in [0.25, 0.3) is 0 Å². The Hall–Kier alpha value is -1.26. The molecule has 0 saturated heterocycles. The van der Waals surface area contributed by atoms with E-state index in [1.807, 2.05) is 24.8 Å². The minimum absolute atomic E-state index is 0.548. The molecule has 1 aromatic heterocycles. The highest BCUT2D eigenvalue weighted by Gasteiger charge is 2.08. The Morgan fingerprint density at radius 3 is 2.67 bits per heavy atom. The van der Waals surface area contributed by atoms with E-state index >= 15 is 0 Å². The summed E-state index contributed by atoms with van der Waals surface area (Å²) in [5.41, 5.74) is 0.918. The lowest BCUT2D eigenvalue weighted by molar-refractivity contribution is 0.831. The molecule has 0 aliphatic rings. The molecule has 0 saturated carbocycles. The molecule has 0 radical (unpaired) electrons. The van der Waals surface area contributed by atoms with Gasteiger partial charge in [0.2, 0.25) is 0 Å². The van der Waals surface area contributed by atoms with E-state index in [0.717, 1.165) is 42.3 Å². The molecule has 0 bridgehead atoms. The highest BCUT2D eigenvalue weighted by atomic mass is 35.5. The summed E-state index contributed by atoms with van der Waals surface area (Å²) in [7, 11) is 0. The third-order valence-corrected chi connectivity index (χ3v) is 4.39. The molecule has 0 spiro atoms. The maximum atomic E-state index is 6.17. The van der Waals surface area contributed by atoms with Crippen molar-refractivity contribution >= 4 is 29.2 Å². The van der Waals surface area contributed by atoms with Gasteiger partial charge in [0.15, 0.2) is 0 Å². The highest BCUT2D eigenvalue weighted by Crippen LogP contribution is 2.21. The third kappa shape index (κ3) is 4.90. The van der Waals surface area contributed by atoms with Crippen LogP contribution in [0.4, 0.5) is 5.82 Å². The van der Waals surface area contributed by atoms with Gasteiger partial charge in [-0.25, -0.2) is 9.97 Å². The maximum absolute atomic E-state index is 6.17. The minimum Gasteiger partial charge on any atom is -0.369 e. The standard InChI is InChI=1S/C16H20ClN3S/c1-3-7-14-19-15(17)12(2)16(20-14)18-10-11-21-13-8-5-4-6-9-13/h4-6,8-9H,3,7,10-11H2,1-2H3,(H,18,19,20). The quantitative estimate of drug-likeness (QED) is 0.459. The Bertz CT molecular complexity index is 575. The van der Waals surface area contributed by atoms with E-state index in [0.29, 0.717) is 5.15 Å². The first-order valence-corrected chi connectivity index (χ1v) is 8.51. The predicted octanol–water partition coefficient (Wildman–Crippen LogP) is 4.60. The van der Waals surface area contributed by atoms with E-state index in [2.05, 4.69) is 46.5 Å². The summed E-state index contributed by atoms with van der Waals surface area (Å²) >= 11 is 7.99. The van der Waals surface area contributed by atoms with Crippen molar-refractivity contribution in [2.75, 3.05) is 17.6 Å². The van der Waals surface area contributed by atoms with Gasteiger partial charge >= 0.3 is 0 Å². The number of rotatable bonds is 7. The van der Waals surface area contributed by atoms with Crippen LogP contribution >= 0.6 is 23.4 Å². The second-order valence-electron chi connectivity index (χ2n) is 4.74. The second-order valence-corrected chi connectivity index (χ2v) is 6.27. The monoisotopic (exact) mass is 321 g/mol. The summed E-state index contributed by atoms with van der Waals surface area (Å²) in [5, 5.41) is 3.91. The van der Waals surface area contributed by atoms with Crippen LogP contribution in [0.1, 0.15) is 24.7 Å². The molecule has 0 atom stereocenters. The number of thioether (sulfide) groups is 1. The smallest absolute Gasteiger partial charge is 0.137 e. The molecule has 0 aliphatic heterocycles. The molecule has 3 nitrogen and oxygen atoms in total. The van der Waals surface area contributed by atoms with Crippen LogP contribution in [0.5, 0.6) is 0 Å². The summed E-state index contributed by atoms with van der Waals surface area (Å²) in [5.74, 6) is 2.65. The van der Waals surface area contributed by atoms with Gasteiger partial charge in [0, 0.05) is 29.2 Å². The zero-order valence-electron chi connectivity index (χ0n) is 12.4. The molecule has 1 N–H and O–H groups in total. The molecule has 0 fully saturated rings. The van der Waals surface area contributed by atoms with Gasteiger partial charge in [0.1, 0.15) is 16.8 Å². The molecule has 2 rings (SSSR count). The highest BCUT2D eigenvalue weighted by molar-refractivity contribution is 7.99. The van der Waals surface area contributed by atoms with E-state index in [1.165, 1.54) is 4.90 Å². The van der Waals surface area contributed by atoms with Crippen molar-refractivity contribution in [2.45, 2.75) is 31.6 Å². The Morgan fingerprint density at radius 1 is 1.19 bits per heavy atom. The summed E-state index contributed by atoms with van der Waals surface area (Å²) in [6.45, 7) is 4.91. The summed E-state index contributed by atoms with van der Waals surface area (Å²) in [4.78, 5) is 10.1. The van der Waals surface area contributed by atoms with Gasteiger partial charge in [0.05, 0.1) is 0 Å². The van der Waals surface area contributed by atoms with Crippen molar-refractivity contribution in [2.24, 2.45) is 0 Å². The lowest BCUT2D eigenvalue weighted by Crippen LogP contribution is -2.10. The SMILES string of the molecule is CCCc1nc(Cl)c(C)c(NCCSc2ccccc2)n1. The molecule has 21 heavy (non-hydrogen) atoms. The number of halogens is 1. The van der Waals surface area contributed by atoms with Crippen LogP contribution in [0.2, 0.25) is 5.15 Å². The number of hydrogen-bond donors (Lipinski definition) is 1. The van der Waals surface area contributed by atoms with Crippen LogP contribution in [0.25, 0.3) is 0 Å². The van der Waals surface area contributed by atoms with Crippen molar-refractivity contribution in [1.29, 1.82) is 0 Å². The van der Waals surface area contributed by atoms with Crippen LogP contribution in [-0.4, -0.2) is 22.3 Å². The van der Waals surface area contributed by atoms with Crippen molar-refractivity contribution < 1.29 is 0 Å². The van der Waals surface area contributed by atoms with E-state index < -0.39 is 0 Å². The fraction of sp³-hybridized carbons (Fsp3) is 0.375. The normalized spacial score (nSPS) is 10.6. The number of benzene rings is 1. The van der Waals surface area contributed by atoms with Crippen molar-refractivity contribution in [3.63, 3.8) is 0 Å². The van der Waals surface area contributed by atoms with E-state index in [4.69, 9.17) is 11.6 Å². The van der Waals surface area contributed by atoms with E-state index in [9.17, 15) is 0 Å². The maximum Gasteiger partial charge on any atom is 0.137 e. The molecule has 112 valence electrons. The summed E-state index contributed by atoms with van der Waals surface area (Å²) in [6, 6.07) is 10.4. The minimum atomic E-state index is 0.548. The molecule has 1 aromatic carbocycles. The summed E-state index contributed by atoms with van der Waals surface area (Å²) < 4.78 is 0. The van der Waals surface area contributed by atoms with Crippen LogP contribution < -0.4 is 5.32 Å². The fourth-order valence-electron chi connectivity index (χ4n) is 1.90. The number of nitrogens with one attached hydrogen (secondary N) is 1. The van der Waals surface area contributed by atoms with Crippen LogP contribution in [-0.2, 0) is 6.42 Å². The molecule has 2 aromatic rings. The predicted molar refractivity (Wildman–Crippen MR) is 91.4 cm³/mol. The summed E-state index contributed by atoms with van der Waals surface area (Å²) in [6.07, 6.45) is 1.87. The Labute approximate surface area is 135 Å². The molecule has 5 heteroatoms. The van der Waals surface area contributed by atoms with Crippen LogP contribution in [0, 0.1) is 6.92 Å².